The van der Waals surface area contributed by atoms with Crippen molar-refractivity contribution in [3.63, 3.8) is 0 Å². The van der Waals surface area contributed by atoms with Crippen LogP contribution in [0.2, 0.25) is 0 Å². The van der Waals surface area contributed by atoms with Crippen molar-refractivity contribution in [2.75, 3.05) is 5.32 Å². The molecule has 1 aromatic carbocycles. The number of para-hydroxylation sites is 1. The fraction of sp³-hybridized carbons (Fsp3) is 0.316. The van der Waals surface area contributed by atoms with Crippen molar-refractivity contribution in [3.05, 3.63) is 54.0 Å². The number of nitrogens with one attached hydrogen (secondary N) is 3. The second-order valence-electron chi connectivity index (χ2n) is 6.55. The number of aromatic nitrogens is 3. The van der Waals surface area contributed by atoms with Crippen LogP contribution in [0, 0.1) is 0 Å². The molecule has 0 saturated carbocycles. The van der Waals surface area contributed by atoms with E-state index in [0.29, 0.717) is 18.9 Å². The van der Waals surface area contributed by atoms with Crippen molar-refractivity contribution in [1.82, 2.24) is 20.3 Å². The monoisotopic (exact) mass is 353 g/mol. The summed E-state index contributed by atoms with van der Waals surface area (Å²) < 4.78 is 0. The van der Waals surface area contributed by atoms with E-state index in [1.54, 1.807) is 12.4 Å². The third kappa shape index (κ3) is 4.37. The van der Waals surface area contributed by atoms with Crippen LogP contribution in [0.3, 0.4) is 0 Å². The summed E-state index contributed by atoms with van der Waals surface area (Å²) in [7, 11) is 0. The zero-order chi connectivity index (χ0) is 18.5. The van der Waals surface area contributed by atoms with E-state index in [4.69, 9.17) is 0 Å². The Balaban J connectivity index is 1.64. The van der Waals surface area contributed by atoms with Gasteiger partial charge < -0.3 is 15.4 Å². The molecule has 26 heavy (non-hydrogen) atoms. The van der Waals surface area contributed by atoms with E-state index in [1.165, 1.54) is 0 Å². The zero-order valence-corrected chi connectivity index (χ0v) is 14.9. The highest BCUT2D eigenvalue weighted by Crippen LogP contribution is 2.19. The molecule has 0 aliphatic rings. The van der Waals surface area contributed by atoms with E-state index < -0.39 is 12.0 Å². The van der Waals surface area contributed by atoms with E-state index >= 15 is 0 Å². The van der Waals surface area contributed by atoms with Gasteiger partial charge in [0.05, 0.1) is 0 Å². The molecule has 1 unspecified atom stereocenters. The first-order valence-corrected chi connectivity index (χ1v) is 8.61. The van der Waals surface area contributed by atoms with Crippen LogP contribution < -0.4 is 10.6 Å². The summed E-state index contributed by atoms with van der Waals surface area (Å²) in [6.07, 6.45) is 5.68. The fourth-order valence-electron chi connectivity index (χ4n) is 2.79. The summed E-state index contributed by atoms with van der Waals surface area (Å²) in [5.74, 6) is -0.313. The van der Waals surface area contributed by atoms with E-state index in [0.717, 1.165) is 22.0 Å². The molecule has 0 aliphatic carbocycles. The third-order valence-corrected chi connectivity index (χ3v) is 4.07. The standard InChI is InChI=1S/C19H23N5O2/c1-12(2)24-19-22-9-13(10-23-19)8-20-17(18(25)26)7-14-11-21-16-6-4-3-5-15(14)16/h3-6,9-12,17,20-21H,7-8H2,1-2H3,(H,25,26)(H,22,23,24). The molecule has 0 saturated heterocycles. The molecule has 136 valence electrons. The maximum atomic E-state index is 11.6. The van der Waals surface area contributed by atoms with Gasteiger partial charge in [-0.25, -0.2) is 9.97 Å². The lowest BCUT2D eigenvalue weighted by atomic mass is 10.0. The number of anilines is 1. The Kier molecular flexibility index (Phi) is 5.48. The molecule has 3 rings (SSSR count). The first kappa shape index (κ1) is 17.9. The summed E-state index contributed by atoms with van der Waals surface area (Å²) in [6.45, 7) is 4.42. The Morgan fingerprint density at radius 2 is 1.96 bits per heavy atom. The number of carboxylic acid groups (broad SMARTS) is 1. The number of carbonyl (C=O) groups is 1. The molecule has 2 aromatic heterocycles. The summed E-state index contributed by atoms with van der Waals surface area (Å²) >= 11 is 0. The average Bonchev–Trinajstić information content (AvgIpc) is 3.02. The van der Waals surface area contributed by atoms with Gasteiger partial charge in [0.15, 0.2) is 0 Å². The van der Waals surface area contributed by atoms with Crippen LogP contribution in [-0.4, -0.2) is 38.1 Å². The third-order valence-electron chi connectivity index (χ3n) is 4.07. The predicted octanol–water partition coefficient (Wildman–Crippen LogP) is 2.56. The molecule has 7 nitrogen and oxygen atoms in total. The van der Waals surface area contributed by atoms with Gasteiger partial charge in [-0.3, -0.25) is 10.1 Å². The number of H-pyrrole nitrogens is 1. The number of carboxylic acids is 1. The Bertz CT molecular complexity index is 873. The van der Waals surface area contributed by atoms with Crippen molar-refractivity contribution in [1.29, 1.82) is 0 Å². The van der Waals surface area contributed by atoms with Crippen LogP contribution in [0.5, 0.6) is 0 Å². The quantitative estimate of drug-likeness (QED) is 0.496. The molecular formula is C19H23N5O2. The number of rotatable bonds is 8. The van der Waals surface area contributed by atoms with Crippen LogP contribution in [0.25, 0.3) is 10.9 Å². The SMILES string of the molecule is CC(C)Nc1ncc(CNC(Cc2c[nH]c3ccccc23)C(=O)O)cn1. The van der Waals surface area contributed by atoms with Gasteiger partial charge in [0.2, 0.25) is 5.95 Å². The minimum absolute atomic E-state index is 0.256. The van der Waals surface area contributed by atoms with Gasteiger partial charge in [0, 0.05) is 54.1 Å². The largest absolute Gasteiger partial charge is 0.480 e. The molecule has 0 amide bonds. The van der Waals surface area contributed by atoms with Crippen LogP contribution >= 0.6 is 0 Å². The number of fused-ring (bicyclic) bond motifs is 1. The summed E-state index contributed by atoms with van der Waals surface area (Å²) in [5, 5.41) is 16.8. The van der Waals surface area contributed by atoms with Gasteiger partial charge in [0.1, 0.15) is 6.04 Å². The van der Waals surface area contributed by atoms with Crippen molar-refractivity contribution in [2.24, 2.45) is 0 Å². The van der Waals surface area contributed by atoms with Gasteiger partial charge in [-0.1, -0.05) is 18.2 Å². The number of nitrogens with zero attached hydrogens (tertiary/aromatic N) is 2. The lowest BCUT2D eigenvalue weighted by Gasteiger charge is -2.14. The van der Waals surface area contributed by atoms with Crippen molar-refractivity contribution >= 4 is 22.8 Å². The van der Waals surface area contributed by atoms with E-state index in [2.05, 4.69) is 25.6 Å². The highest BCUT2D eigenvalue weighted by molar-refractivity contribution is 5.84. The van der Waals surface area contributed by atoms with Gasteiger partial charge in [-0.05, 0) is 25.5 Å². The number of aliphatic carboxylic acids is 1. The minimum atomic E-state index is -0.880. The van der Waals surface area contributed by atoms with Gasteiger partial charge in [-0.2, -0.15) is 0 Å². The average molecular weight is 353 g/mol. The number of benzene rings is 1. The van der Waals surface area contributed by atoms with Crippen LogP contribution in [0.15, 0.2) is 42.9 Å². The summed E-state index contributed by atoms with van der Waals surface area (Å²) in [5.41, 5.74) is 2.82. The molecule has 3 aromatic rings. The molecule has 0 bridgehead atoms. The van der Waals surface area contributed by atoms with E-state index in [1.807, 2.05) is 44.3 Å². The van der Waals surface area contributed by atoms with Crippen molar-refractivity contribution in [3.8, 4) is 0 Å². The zero-order valence-electron chi connectivity index (χ0n) is 14.9. The Hall–Kier alpha value is -2.93. The topological polar surface area (TPSA) is 103 Å². The first-order valence-electron chi connectivity index (χ1n) is 8.61. The maximum Gasteiger partial charge on any atom is 0.321 e. The second-order valence-corrected chi connectivity index (χ2v) is 6.55. The fourth-order valence-corrected chi connectivity index (χ4v) is 2.79. The van der Waals surface area contributed by atoms with Crippen molar-refractivity contribution < 1.29 is 9.90 Å². The molecule has 1 atom stereocenters. The minimum Gasteiger partial charge on any atom is -0.480 e. The second kappa shape index (κ2) is 7.97. The molecule has 2 heterocycles. The first-order chi connectivity index (χ1) is 12.5. The molecule has 0 spiro atoms. The van der Waals surface area contributed by atoms with E-state index in [9.17, 15) is 9.90 Å². The van der Waals surface area contributed by atoms with Gasteiger partial charge in [0.25, 0.3) is 0 Å². The number of hydrogen-bond donors (Lipinski definition) is 4. The van der Waals surface area contributed by atoms with E-state index in [-0.39, 0.29) is 6.04 Å². The highest BCUT2D eigenvalue weighted by atomic mass is 16.4. The Morgan fingerprint density at radius 3 is 2.65 bits per heavy atom. The van der Waals surface area contributed by atoms with Crippen LogP contribution in [0.1, 0.15) is 25.0 Å². The highest BCUT2D eigenvalue weighted by Gasteiger charge is 2.19. The lowest BCUT2D eigenvalue weighted by Crippen LogP contribution is -2.38. The molecule has 7 heteroatoms. The Labute approximate surface area is 151 Å². The van der Waals surface area contributed by atoms with Crippen LogP contribution in [-0.2, 0) is 17.8 Å². The van der Waals surface area contributed by atoms with Crippen LogP contribution in [0.4, 0.5) is 5.95 Å². The number of aromatic amines is 1. The molecule has 0 aliphatic heterocycles. The summed E-state index contributed by atoms with van der Waals surface area (Å²) in [6, 6.07) is 7.44. The summed E-state index contributed by atoms with van der Waals surface area (Å²) in [4.78, 5) is 23.3. The molecule has 0 radical (unpaired) electrons. The maximum absolute atomic E-state index is 11.6. The predicted molar refractivity (Wildman–Crippen MR) is 101 cm³/mol. The molecule has 4 N–H and O–H groups in total. The lowest BCUT2D eigenvalue weighted by molar-refractivity contribution is -0.139. The van der Waals surface area contributed by atoms with Crippen molar-refractivity contribution in [2.45, 2.75) is 38.9 Å². The molecular weight excluding hydrogens is 330 g/mol. The van der Waals surface area contributed by atoms with Gasteiger partial charge >= 0.3 is 5.97 Å². The molecule has 0 fully saturated rings. The number of hydrogen-bond acceptors (Lipinski definition) is 5. The smallest absolute Gasteiger partial charge is 0.321 e. The normalized spacial score (nSPS) is 12.4. The Morgan fingerprint density at radius 1 is 1.23 bits per heavy atom. The van der Waals surface area contributed by atoms with Gasteiger partial charge in [-0.15, -0.1) is 0 Å².